The SMILES string of the molecule is CCC(SC)C(C)(C)C. The summed E-state index contributed by atoms with van der Waals surface area (Å²) in [4.78, 5) is 0. The second kappa shape index (κ2) is 3.50. The molecule has 0 saturated carbocycles. The van der Waals surface area contributed by atoms with Gasteiger partial charge in [-0.1, -0.05) is 27.7 Å². The van der Waals surface area contributed by atoms with Gasteiger partial charge < -0.3 is 0 Å². The maximum atomic E-state index is 2.30. The van der Waals surface area contributed by atoms with Crippen LogP contribution in [-0.2, 0) is 0 Å². The van der Waals surface area contributed by atoms with Crippen LogP contribution in [0.4, 0.5) is 0 Å². The van der Waals surface area contributed by atoms with E-state index in [1.54, 1.807) is 0 Å². The molecule has 0 aromatic rings. The fraction of sp³-hybridized carbons (Fsp3) is 1.00. The standard InChI is InChI=1S/C8H18S/c1-6-7(9-5)8(2,3)4/h7H,6H2,1-5H3. The molecule has 0 aromatic heterocycles. The second-order valence-electron chi connectivity index (χ2n) is 3.50. The summed E-state index contributed by atoms with van der Waals surface area (Å²) in [6.45, 7) is 9.17. The van der Waals surface area contributed by atoms with Gasteiger partial charge >= 0.3 is 0 Å². The van der Waals surface area contributed by atoms with E-state index in [4.69, 9.17) is 0 Å². The molecule has 0 amide bonds. The lowest BCUT2D eigenvalue weighted by Gasteiger charge is -2.27. The van der Waals surface area contributed by atoms with E-state index >= 15 is 0 Å². The van der Waals surface area contributed by atoms with Crippen LogP contribution in [0.3, 0.4) is 0 Å². The molecule has 0 rings (SSSR count). The third-order valence-corrected chi connectivity index (χ3v) is 3.23. The van der Waals surface area contributed by atoms with Crippen LogP contribution in [0.25, 0.3) is 0 Å². The summed E-state index contributed by atoms with van der Waals surface area (Å²) in [7, 11) is 0. The highest BCUT2D eigenvalue weighted by atomic mass is 32.2. The van der Waals surface area contributed by atoms with E-state index in [-0.39, 0.29) is 0 Å². The van der Waals surface area contributed by atoms with Crippen molar-refractivity contribution >= 4 is 11.8 Å². The Labute approximate surface area is 63.4 Å². The van der Waals surface area contributed by atoms with Gasteiger partial charge in [0.2, 0.25) is 0 Å². The normalized spacial score (nSPS) is 15.7. The van der Waals surface area contributed by atoms with Crippen LogP contribution in [0.1, 0.15) is 34.1 Å². The van der Waals surface area contributed by atoms with E-state index in [9.17, 15) is 0 Å². The molecule has 0 saturated heterocycles. The quantitative estimate of drug-likeness (QED) is 0.576. The Hall–Kier alpha value is 0.350. The van der Waals surface area contributed by atoms with Crippen molar-refractivity contribution in [1.29, 1.82) is 0 Å². The van der Waals surface area contributed by atoms with Crippen molar-refractivity contribution in [2.24, 2.45) is 5.41 Å². The molecule has 0 N–H and O–H groups in total. The number of hydrogen-bond donors (Lipinski definition) is 0. The van der Waals surface area contributed by atoms with Gasteiger partial charge in [-0.2, -0.15) is 11.8 Å². The summed E-state index contributed by atoms with van der Waals surface area (Å²) in [5.41, 5.74) is 0.480. The molecule has 0 heterocycles. The molecule has 9 heavy (non-hydrogen) atoms. The highest BCUT2D eigenvalue weighted by molar-refractivity contribution is 7.99. The fourth-order valence-corrected chi connectivity index (χ4v) is 2.17. The highest BCUT2D eigenvalue weighted by Gasteiger charge is 2.20. The zero-order valence-corrected chi connectivity index (χ0v) is 8.01. The molecule has 0 aromatic carbocycles. The van der Waals surface area contributed by atoms with Gasteiger partial charge in [0.25, 0.3) is 0 Å². The van der Waals surface area contributed by atoms with Gasteiger partial charge in [0.05, 0.1) is 0 Å². The Morgan fingerprint density at radius 1 is 1.33 bits per heavy atom. The van der Waals surface area contributed by atoms with Crippen molar-refractivity contribution in [1.82, 2.24) is 0 Å². The fourth-order valence-electron chi connectivity index (χ4n) is 1.13. The van der Waals surface area contributed by atoms with Gasteiger partial charge in [-0.3, -0.25) is 0 Å². The molecule has 0 bridgehead atoms. The van der Waals surface area contributed by atoms with Crippen LogP contribution in [0.2, 0.25) is 0 Å². The topological polar surface area (TPSA) is 0 Å². The highest BCUT2D eigenvalue weighted by Crippen LogP contribution is 2.30. The van der Waals surface area contributed by atoms with Crippen molar-refractivity contribution in [3.05, 3.63) is 0 Å². The smallest absolute Gasteiger partial charge is 0.00902 e. The second-order valence-corrected chi connectivity index (χ2v) is 4.54. The predicted octanol–water partition coefficient (Wildman–Crippen LogP) is 3.17. The van der Waals surface area contributed by atoms with Gasteiger partial charge in [-0.25, -0.2) is 0 Å². The molecule has 0 nitrogen and oxygen atoms in total. The zero-order chi connectivity index (χ0) is 7.49. The lowest BCUT2D eigenvalue weighted by molar-refractivity contribution is 0.388. The summed E-state index contributed by atoms with van der Waals surface area (Å²) in [5, 5.41) is 0.817. The van der Waals surface area contributed by atoms with Crippen molar-refractivity contribution in [3.63, 3.8) is 0 Å². The first-order chi connectivity index (χ1) is 4.02. The van der Waals surface area contributed by atoms with Crippen LogP contribution in [0.15, 0.2) is 0 Å². The minimum absolute atomic E-state index is 0.480. The number of thioether (sulfide) groups is 1. The van der Waals surface area contributed by atoms with Crippen molar-refractivity contribution in [3.8, 4) is 0 Å². The van der Waals surface area contributed by atoms with E-state index in [2.05, 4.69) is 34.0 Å². The minimum atomic E-state index is 0.480. The molecule has 0 radical (unpaired) electrons. The summed E-state index contributed by atoms with van der Waals surface area (Å²) in [6.07, 6.45) is 3.48. The van der Waals surface area contributed by atoms with Gasteiger partial charge in [-0.05, 0) is 18.1 Å². The van der Waals surface area contributed by atoms with Crippen molar-refractivity contribution < 1.29 is 0 Å². The van der Waals surface area contributed by atoms with Crippen LogP contribution in [0, 0.1) is 5.41 Å². The number of hydrogen-bond acceptors (Lipinski definition) is 1. The van der Waals surface area contributed by atoms with Gasteiger partial charge in [0.15, 0.2) is 0 Å². The maximum absolute atomic E-state index is 2.30. The lowest BCUT2D eigenvalue weighted by atomic mass is 9.90. The van der Waals surface area contributed by atoms with E-state index in [0.717, 1.165) is 5.25 Å². The Morgan fingerprint density at radius 3 is 1.78 bits per heavy atom. The third-order valence-electron chi connectivity index (χ3n) is 1.62. The van der Waals surface area contributed by atoms with E-state index in [1.165, 1.54) is 6.42 Å². The van der Waals surface area contributed by atoms with Crippen LogP contribution < -0.4 is 0 Å². The summed E-state index contributed by atoms with van der Waals surface area (Å²) >= 11 is 1.98. The van der Waals surface area contributed by atoms with Gasteiger partial charge in [0, 0.05) is 5.25 Å². The molecule has 56 valence electrons. The van der Waals surface area contributed by atoms with Gasteiger partial charge in [0.1, 0.15) is 0 Å². The molecule has 0 aliphatic rings. The third kappa shape index (κ3) is 3.14. The van der Waals surface area contributed by atoms with E-state index < -0.39 is 0 Å². The molecule has 1 unspecified atom stereocenters. The molecule has 0 fully saturated rings. The summed E-state index contributed by atoms with van der Waals surface area (Å²) < 4.78 is 0. The molecule has 1 atom stereocenters. The molecule has 1 heteroatoms. The monoisotopic (exact) mass is 146 g/mol. The summed E-state index contributed by atoms with van der Waals surface area (Å²) in [5.74, 6) is 0. The lowest BCUT2D eigenvalue weighted by Crippen LogP contribution is -2.21. The Kier molecular flexibility index (Phi) is 3.64. The van der Waals surface area contributed by atoms with Gasteiger partial charge in [-0.15, -0.1) is 0 Å². The van der Waals surface area contributed by atoms with Crippen LogP contribution in [-0.4, -0.2) is 11.5 Å². The van der Waals surface area contributed by atoms with E-state index in [0.29, 0.717) is 5.41 Å². The first kappa shape index (κ1) is 9.35. The molecular weight excluding hydrogens is 128 g/mol. The molecule has 0 aliphatic heterocycles. The average molecular weight is 146 g/mol. The first-order valence-corrected chi connectivity index (χ1v) is 4.84. The molecule has 0 spiro atoms. The first-order valence-electron chi connectivity index (χ1n) is 3.55. The molecular formula is C8H18S. The number of rotatable bonds is 2. The van der Waals surface area contributed by atoms with E-state index in [1.807, 2.05) is 11.8 Å². The van der Waals surface area contributed by atoms with Crippen molar-refractivity contribution in [2.75, 3.05) is 6.26 Å². The summed E-state index contributed by atoms with van der Waals surface area (Å²) in [6, 6.07) is 0. The Bertz CT molecular complexity index is 67.1. The minimum Gasteiger partial charge on any atom is -0.161 e. The van der Waals surface area contributed by atoms with Crippen molar-refractivity contribution in [2.45, 2.75) is 39.4 Å². The van der Waals surface area contributed by atoms with Crippen LogP contribution >= 0.6 is 11.8 Å². The maximum Gasteiger partial charge on any atom is 0.00902 e. The Balaban J connectivity index is 3.79. The predicted molar refractivity (Wildman–Crippen MR) is 47.0 cm³/mol. The molecule has 0 aliphatic carbocycles. The zero-order valence-electron chi connectivity index (χ0n) is 7.19. The van der Waals surface area contributed by atoms with Crippen LogP contribution in [0.5, 0.6) is 0 Å². The average Bonchev–Trinajstić information content (AvgIpc) is 1.65. The Morgan fingerprint density at radius 2 is 1.78 bits per heavy atom. The largest absolute Gasteiger partial charge is 0.161 e.